The van der Waals surface area contributed by atoms with E-state index in [1.807, 2.05) is 48.5 Å². The smallest absolute Gasteiger partial charge is 0.241 e. The van der Waals surface area contributed by atoms with Crippen LogP contribution in [-0.2, 0) is 11.3 Å². The normalized spacial score (nSPS) is 12.3. The first-order valence-electron chi connectivity index (χ1n) is 9.19. The summed E-state index contributed by atoms with van der Waals surface area (Å²) >= 11 is 0. The molecule has 3 aromatic rings. The van der Waals surface area contributed by atoms with Gasteiger partial charge in [0.15, 0.2) is 0 Å². The highest BCUT2D eigenvalue weighted by Gasteiger charge is 2.19. The summed E-state index contributed by atoms with van der Waals surface area (Å²) in [6.07, 6.45) is 0.798. The maximum atomic E-state index is 12.8. The minimum atomic E-state index is -0.221. The van der Waals surface area contributed by atoms with Crippen molar-refractivity contribution in [1.29, 1.82) is 0 Å². The molecule has 0 aromatic heterocycles. The summed E-state index contributed by atoms with van der Waals surface area (Å²) in [7, 11) is 0. The third kappa shape index (κ3) is 4.93. The van der Waals surface area contributed by atoms with E-state index >= 15 is 0 Å². The quantitative estimate of drug-likeness (QED) is 0.633. The van der Waals surface area contributed by atoms with Crippen molar-refractivity contribution in [3.8, 4) is 0 Å². The van der Waals surface area contributed by atoms with Crippen molar-refractivity contribution in [3.63, 3.8) is 0 Å². The zero-order valence-corrected chi connectivity index (χ0v) is 15.4. The van der Waals surface area contributed by atoms with Crippen molar-refractivity contribution in [1.82, 2.24) is 5.32 Å². The number of anilines is 1. The standard InChI is InChI=1S/C23H26N2O/c1-17(2)14-22(24-16-18-8-4-3-5-9-18)23(26)25-21-13-12-19-10-6-7-11-20(19)15-21/h3-13,15,17,22,24H,14,16H2,1-2H3,(H,25,26)/t22-/m0/s1. The molecule has 134 valence electrons. The first-order valence-corrected chi connectivity index (χ1v) is 9.19. The van der Waals surface area contributed by atoms with Crippen LogP contribution in [0.2, 0.25) is 0 Å². The summed E-state index contributed by atoms with van der Waals surface area (Å²) in [5, 5.41) is 8.79. The van der Waals surface area contributed by atoms with Crippen molar-refractivity contribution in [2.24, 2.45) is 5.92 Å². The first kappa shape index (κ1) is 18.2. The van der Waals surface area contributed by atoms with Crippen molar-refractivity contribution < 1.29 is 4.79 Å². The van der Waals surface area contributed by atoms with Crippen LogP contribution in [0.15, 0.2) is 72.8 Å². The van der Waals surface area contributed by atoms with Gasteiger partial charge in [-0.2, -0.15) is 0 Å². The molecule has 0 aliphatic heterocycles. The van der Waals surface area contributed by atoms with Gasteiger partial charge in [0.1, 0.15) is 0 Å². The van der Waals surface area contributed by atoms with Crippen LogP contribution in [0.3, 0.4) is 0 Å². The molecular weight excluding hydrogens is 320 g/mol. The Balaban J connectivity index is 1.69. The topological polar surface area (TPSA) is 41.1 Å². The Morgan fingerprint density at radius 1 is 0.885 bits per heavy atom. The van der Waals surface area contributed by atoms with Gasteiger partial charge in [-0.25, -0.2) is 0 Å². The second-order valence-electron chi connectivity index (χ2n) is 7.10. The van der Waals surface area contributed by atoms with Crippen LogP contribution >= 0.6 is 0 Å². The number of carbonyl (C=O) groups is 1. The number of amides is 1. The van der Waals surface area contributed by atoms with Crippen molar-refractivity contribution in [2.75, 3.05) is 5.32 Å². The summed E-state index contributed by atoms with van der Waals surface area (Å²) in [6.45, 7) is 4.96. The number of hydrogen-bond acceptors (Lipinski definition) is 2. The van der Waals surface area contributed by atoms with Crippen molar-refractivity contribution >= 4 is 22.4 Å². The van der Waals surface area contributed by atoms with E-state index in [1.165, 1.54) is 10.9 Å². The maximum absolute atomic E-state index is 12.8. The highest BCUT2D eigenvalue weighted by Crippen LogP contribution is 2.19. The summed E-state index contributed by atoms with van der Waals surface area (Å²) in [6, 6.07) is 24.1. The number of carbonyl (C=O) groups excluding carboxylic acids is 1. The number of fused-ring (bicyclic) bond motifs is 1. The Labute approximate surface area is 155 Å². The van der Waals surface area contributed by atoms with E-state index in [9.17, 15) is 4.79 Å². The monoisotopic (exact) mass is 346 g/mol. The molecule has 0 saturated carbocycles. The Hall–Kier alpha value is -2.65. The number of rotatable bonds is 7. The molecule has 0 fully saturated rings. The summed E-state index contributed by atoms with van der Waals surface area (Å²) in [5.74, 6) is 0.454. The molecule has 0 saturated heterocycles. The molecule has 1 atom stereocenters. The molecule has 0 aliphatic rings. The minimum absolute atomic E-state index is 0.0184. The van der Waals surface area contributed by atoms with Crippen molar-refractivity contribution in [2.45, 2.75) is 32.9 Å². The lowest BCUT2D eigenvalue weighted by Crippen LogP contribution is -2.41. The summed E-state index contributed by atoms with van der Waals surface area (Å²) in [5.41, 5.74) is 2.02. The van der Waals surface area contributed by atoms with Crippen LogP contribution in [0.5, 0.6) is 0 Å². The van der Waals surface area contributed by atoms with E-state index in [-0.39, 0.29) is 11.9 Å². The Morgan fingerprint density at radius 3 is 2.31 bits per heavy atom. The van der Waals surface area contributed by atoms with Gasteiger partial charge in [-0.1, -0.05) is 74.5 Å². The molecule has 2 N–H and O–H groups in total. The number of nitrogens with one attached hydrogen (secondary N) is 2. The van der Waals surface area contributed by atoms with E-state index in [0.29, 0.717) is 12.5 Å². The fourth-order valence-corrected chi connectivity index (χ4v) is 3.09. The predicted octanol–water partition coefficient (Wildman–Crippen LogP) is 4.98. The molecule has 0 unspecified atom stereocenters. The number of benzene rings is 3. The molecule has 0 spiro atoms. The van der Waals surface area contributed by atoms with Gasteiger partial charge in [0.25, 0.3) is 0 Å². The van der Waals surface area contributed by atoms with Crippen LogP contribution < -0.4 is 10.6 Å². The van der Waals surface area contributed by atoms with Gasteiger partial charge in [-0.15, -0.1) is 0 Å². The molecule has 26 heavy (non-hydrogen) atoms. The predicted molar refractivity (Wildman–Crippen MR) is 109 cm³/mol. The zero-order valence-electron chi connectivity index (χ0n) is 15.4. The summed E-state index contributed by atoms with van der Waals surface area (Å²) < 4.78 is 0. The minimum Gasteiger partial charge on any atom is -0.325 e. The second kappa shape index (κ2) is 8.63. The number of hydrogen-bond donors (Lipinski definition) is 2. The van der Waals surface area contributed by atoms with Gasteiger partial charge in [-0.05, 0) is 40.8 Å². The largest absolute Gasteiger partial charge is 0.325 e. The summed E-state index contributed by atoms with van der Waals surface area (Å²) in [4.78, 5) is 12.8. The van der Waals surface area contributed by atoms with Crippen LogP contribution in [-0.4, -0.2) is 11.9 Å². The van der Waals surface area contributed by atoms with Gasteiger partial charge in [-0.3, -0.25) is 4.79 Å². The zero-order chi connectivity index (χ0) is 18.4. The molecule has 0 aliphatic carbocycles. The molecule has 3 heteroatoms. The Kier molecular flexibility index (Phi) is 6.03. The highest BCUT2D eigenvalue weighted by atomic mass is 16.2. The lowest BCUT2D eigenvalue weighted by Gasteiger charge is -2.20. The van der Waals surface area contributed by atoms with Gasteiger partial charge >= 0.3 is 0 Å². The Morgan fingerprint density at radius 2 is 1.58 bits per heavy atom. The fraction of sp³-hybridized carbons (Fsp3) is 0.261. The molecule has 3 rings (SSSR count). The van der Waals surface area contributed by atoms with Gasteiger partial charge in [0.2, 0.25) is 5.91 Å². The molecular formula is C23H26N2O. The van der Waals surface area contributed by atoms with E-state index in [2.05, 4.69) is 48.7 Å². The molecule has 0 radical (unpaired) electrons. The average Bonchev–Trinajstić information content (AvgIpc) is 2.65. The highest BCUT2D eigenvalue weighted by molar-refractivity contribution is 5.97. The van der Waals surface area contributed by atoms with E-state index in [4.69, 9.17) is 0 Å². The van der Waals surface area contributed by atoms with Crippen molar-refractivity contribution in [3.05, 3.63) is 78.4 Å². The third-order valence-electron chi connectivity index (χ3n) is 4.44. The van der Waals surface area contributed by atoms with E-state index in [1.54, 1.807) is 0 Å². The van der Waals surface area contributed by atoms with Gasteiger partial charge in [0.05, 0.1) is 6.04 Å². The van der Waals surface area contributed by atoms with Crippen LogP contribution in [0.4, 0.5) is 5.69 Å². The molecule has 3 aromatic carbocycles. The SMILES string of the molecule is CC(C)C[C@H](NCc1ccccc1)C(=O)Nc1ccc2ccccc2c1. The van der Waals surface area contributed by atoms with Gasteiger partial charge < -0.3 is 10.6 Å². The maximum Gasteiger partial charge on any atom is 0.241 e. The Bertz CT molecular complexity index is 858. The molecule has 0 bridgehead atoms. The third-order valence-corrected chi connectivity index (χ3v) is 4.44. The molecule has 1 amide bonds. The van der Waals surface area contributed by atoms with E-state index < -0.39 is 0 Å². The van der Waals surface area contributed by atoms with Gasteiger partial charge in [0, 0.05) is 12.2 Å². The lowest BCUT2D eigenvalue weighted by molar-refractivity contribution is -0.118. The first-order chi connectivity index (χ1) is 12.6. The van der Waals surface area contributed by atoms with Crippen LogP contribution in [0, 0.1) is 5.92 Å². The lowest BCUT2D eigenvalue weighted by atomic mass is 10.0. The second-order valence-corrected chi connectivity index (χ2v) is 7.10. The van der Waals surface area contributed by atoms with E-state index in [0.717, 1.165) is 17.5 Å². The molecule has 0 heterocycles. The average molecular weight is 346 g/mol. The van der Waals surface area contributed by atoms with Crippen LogP contribution in [0.1, 0.15) is 25.8 Å². The van der Waals surface area contributed by atoms with Crippen LogP contribution in [0.25, 0.3) is 10.8 Å². The molecule has 3 nitrogen and oxygen atoms in total. The fourth-order valence-electron chi connectivity index (χ4n) is 3.09.